The average Bonchev–Trinajstić information content (AvgIpc) is 2.47. The van der Waals surface area contributed by atoms with E-state index in [1.54, 1.807) is 0 Å². The van der Waals surface area contributed by atoms with Crippen LogP contribution in [-0.2, 0) is 19.0 Å². The Morgan fingerprint density at radius 2 is 1.90 bits per heavy atom. The highest BCUT2D eigenvalue weighted by atomic mass is 16.7. The SMILES string of the molecule is CCCCC(CCC1OC2CCCC(C2)O1)C(=O)OCC. The number of hydrogen-bond donors (Lipinski definition) is 0. The van der Waals surface area contributed by atoms with Crippen LogP contribution in [0.2, 0.25) is 0 Å². The topological polar surface area (TPSA) is 44.8 Å². The fourth-order valence-corrected chi connectivity index (χ4v) is 3.37. The molecule has 1 aliphatic carbocycles. The third-order valence-corrected chi connectivity index (χ3v) is 4.54. The molecule has 0 N–H and O–H groups in total. The molecule has 1 heterocycles. The van der Waals surface area contributed by atoms with Crippen molar-refractivity contribution in [3.63, 3.8) is 0 Å². The van der Waals surface area contributed by atoms with Crippen LogP contribution >= 0.6 is 0 Å². The predicted molar refractivity (Wildman–Crippen MR) is 80.9 cm³/mol. The van der Waals surface area contributed by atoms with Crippen molar-refractivity contribution in [1.29, 1.82) is 0 Å². The Balaban J connectivity index is 1.78. The maximum Gasteiger partial charge on any atom is 0.308 e. The molecular formula is C17H30O4. The van der Waals surface area contributed by atoms with Gasteiger partial charge in [0.1, 0.15) is 0 Å². The van der Waals surface area contributed by atoms with E-state index in [0.29, 0.717) is 18.8 Å². The van der Waals surface area contributed by atoms with Crippen molar-refractivity contribution in [2.45, 2.75) is 90.1 Å². The zero-order valence-electron chi connectivity index (χ0n) is 13.5. The van der Waals surface area contributed by atoms with E-state index in [9.17, 15) is 4.79 Å². The molecule has 0 aromatic carbocycles. The van der Waals surface area contributed by atoms with Crippen LogP contribution in [0.1, 0.15) is 71.6 Å². The van der Waals surface area contributed by atoms with Crippen molar-refractivity contribution in [2.24, 2.45) is 5.92 Å². The van der Waals surface area contributed by atoms with Crippen LogP contribution in [0.4, 0.5) is 0 Å². The summed E-state index contributed by atoms with van der Waals surface area (Å²) in [5, 5.41) is 0. The lowest BCUT2D eigenvalue weighted by atomic mass is 9.93. The molecule has 2 bridgehead atoms. The number of unbranched alkanes of at least 4 members (excludes halogenated alkanes) is 1. The maximum absolute atomic E-state index is 12.0. The van der Waals surface area contributed by atoms with Crippen molar-refractivity contribution < 1.29 is 19.0 Å². The standard InChI is InChI=1S/C17H30O4/c1-3-5-7-13(17(18)19-4-2)10-11-16-20-14-8-6-9-15(12-14)21-16/h13-16H,3-12H2,1-2H3. The maximum atomic E-state index is 12.0. The predicted octanol–water partition coefficient (Wildman–Crippen LogP) is 3.82. The van der Waals surface area contributed by atoms with Gasteiger partial charge in [-0.05, 0) is 51.9 Å². The highest BCUT2D eigenvalue weighted by Gasteiger charge is 2.33. The fourth-order valence-electron chi connectivity index (χ4n) is 3.37. The van der Waals surface area contributed by atoms with Crippen molar-refractivity contribution >= 4 is 5.97 Å². The zero-order chi connectivity index (χ0) is 15.1. The first-order chi connectivity index (χ1) is 10.2. The summed E-state index contributed by atoms with van der Waals surface area (Å²) in [5.74, 6) is -0.0548. The Morgan fingerprint density at radius 3 is 2.52 bits per heavy atom. The van der Waals surface area contributed by atoms with Crippen molar-refractivity contribution in [3.05, 3.63) is 0 Å². The molecule has 21 heavy (non-hydrogen) atoms. The Hall–Kier alpha value is -0.610. The van der Waals surface area contributed by atoms with Crippen LogP contribution in [0.25, 0.3) is 0 Å². The molecule has 3 unspecified atom stereocenters. The number of carbonyl (C=O) groups excluding carboxylic acids is 1. The lowest BCUT2D eigenvalue weighted by Gasteiger charge is -2.39. The van der Waals surface area contributed by atoms with Gasteiger partial charge in [-0.2, -0.15) is 0 Å². The molecule has 1 saturated carbocycles. The summed E-state index contributed by atoms with van der Waals surface area (Å²) >= 11 is 0. The number of fused-ring (bicyclic) bond motifs is 2. The number of rotatable bonds is 8. The normalized spacial score (nSPS) is 29.9. The Kier molecular flexibility index (Phi) is 6.97. The minimum Gasteiger partial charge on any atom is -0.466 e. The van der Waals surface area contributed by atoms with Crippen LogP contribution in [0.15, 0.2) is 0 Å². The Labute approximate surface area is 128 Å². The smallest absolute Gasteiger partial charge is 0.308 e. The lowest BCUT2D eigenvalue weighted by molar-refractivity contribution is -0.258. The van der Waals surface area contributed by atoms with E-state index in [2.05, 4.69) is 6.92 Å². The minimum atomic E-state index is -0.118. The Morgan fingerprint density at radius 1 is 1.19 bits per heavy atom. The Bertz CT molecular complexity index is 306. The summed E-state index contributed by atoms with van der Waals surface area (Å²) < 4.78 is 17.1. The first-order valence-corrected chi connectivity index (χ1v) is 8.70. The molecule has 4 nitrogen and oxygen atoms in total. The van der Waals surface area contributed by atoms with Gasteiger partial charge < -0.3 is 14.2 Å². The zero-order valence-corrected chi connectivity index (χ0v) is 13.5. The van der Waals surface area contributed by atoms with E-state index in [-0.39, 0.29) is 18.2 Å². The van der Waals surface area contributed by atoms with Crippen LogP contribution in [-0.4, -0.2) is 31.1 Å². The molecule has 0 spiro atoms. The first kappa shape index (κ1) is 16.8. The third-order valence-electron chi connectivity index (χ3n) is 4.54. The molecule has 2 rings (SSSR count). The third kappa shape index (κ3) is 5.26. The van der Waals surface area contributed by atoms with Gasteiger partial charge in [0.05, 0.1) is 24.7 Å². The minimum absolute atomic E-state index is 0.00105. The summed E-state index contributed by atoms with van der Waals surface area (Å²) in [4.78, 5) is 12.0. The molecule has 2 fully saturated rings. The molecule has 0 radical (unpaired) electrons. The van der Waals surface area contributed by atoms with Crippen LogP contribution in [0.3, 0.4) is 0 Å². The van der Waals surface area contributed by atoms with Crippen molar-refractivity contribution in [3.8, 4) is 0 Å². The highest BCUT2D eigenvalue weighted by molar-refractivity contribution is 5.72. The second kappa shape index (κ2) is 8.74. The quantitative estimate of drug-likeness (QED) is 0.639. The summed E-state index contributed by atoms with van der Waals surface area (Å²) in [5.41, 5.74) is 0. The van der Waals surface area contributed by atoms with E-state index < -0.39 is 0 Å². The summed E-state index contributed by atoms with van der Waals surface area (Å²) in [6.45, 7) is 4.47. The van der Waals surface area contributed by atoms with Gasteiger partial charge in [0.2, 0.25) is 0 Å². The summed E-state index contributed by atoms with van der Waals surface area (Å²) in [7, 11) is 0. The summed E-state index contributed by atoms with van der Waals surface area (Å²) in [6, 6.07) is 0. The molecule has 0 aromatic heterocycles. The second-order valence-corrected chi connectivity index (χ2v) is 6.28. The molecule has 4 heteroatoms. The fraction of sp³-hybridized carbons (Fsp3) is 0.941. The van der Waals surface area contributed by atoms with Crippen molar-refractivity contribution in [2.75, 3.05) is 6.61 Å². The van der Waals surface area contributed by atoms with E-state index in [1.165, 1.54) is 6.42 Å². The number of esters is 1. The molecule has 3 atom stereocenters. The average molecular weight is 298 g/mol. The van der Waals surface area contributed by atoms with E-state index in [4.69, 9.17) is 14.2 Å². The molecule has 122 valence electrons. The molecule has 0 aromatic rings. The first-order valence-electron chi connectivity index (χ1n) is 8.70. The van der Waals surface area contributed by atoms with Crippen LogP contribution in [0, 0.1) is 5.92 Å². The lowest BCUT2D eigenvalue weighted by Crippen LogP contribution is -2.41. The molecular weight excluding hydrogens is 268 g/mol. The second-order valence-electron chi connectivity index (χ2n) is 6.28. The van der Waals surface area contributed by atoms with Crippen LogP contribution in [0.5, 0.6) is 0 Å². The molecule has 0 amide bonds. The van der Waals surface area contributed by atoms with E-state index >= 15 is 0 Å². The van der Waals surface area contributed by atoms with Gasteiger partial charge in [0.15, 0.2) is 6.29 Å². The van der Waals surface area contributed by atoms with Crippen LogP contribution < -0.4 is 0 Å². The van der Waals surface area contributed by atoms with Gasteiger partial charge in [-0.1, -0.05) is 19.8 Å². The monoisotopic (exact) mass is 298 g/mol. The van der Waals surface area contributed by atoms with Gasteiger partial charge in [-0.15, -0.1) is 0 Å². The summed E-state index contributed by atoms with van der Waals surface area (Å²) in [6.07, 6.45) is 9.92. The van der Waals surface area contributed by atoms with Gasteiger partial charge in [-0.3, -0.25) is 4.79 Å². The highest BCUT2D eigenvalue weighted by Crippen LogP contribution is 2.32. The number of carbonyl (C=O) groups is 1. The molecule has 1 saturated heterocycles. The van der Waals surface area contributed by atoms with E-state index in [0.717, 1.165) is 51.4 Å². The van der Waals surface area contributed by atoms with Gasteiger partial charge in [0.25, 0.3) is 0 Å². The van der Waals surface area contributed by atoms with E-state index in [1.807, 2.05) is 6.92 Å². The van der Waals surface area contributed by atoms with Crippen molar-refractivity contribution in [1.82, 2.24) is 0 Å². The number of hydrogen-bond acceptors (Lipinski definition) is 4. The number of ether oxygens (including phenoxy) is 3. The molecule has 2 aliphatic rings. The molecule has 1 aliphatic heterocycles. The largest absolute Gasteiger partial charge is 0.466 e. The van der Waals surface area contributed by atoms with Gasteiger partial charge in [-0.25, -0.2) is 0 Å². The van der Waals surface area contributed by atoms with Gasteiger partial charge >= 0.3 is 5.97 Å². The van der Waals surface area contributed by atoms with Gasteiger partial charge in [0, 0.05) is 0 Å².